The highest BCUT2D eigenvalue weighted by molar-refractivity contribution is 5.71. The van der Waals surface area contributed by atoms with Crippen molar-refractivity contribution >= 4 is 17.9 Å². The van der Waals surface area contributed by atoms with E-state index in [4.69, 9.17) is 14.2 Å². The van der Waals surface area contributed by atoms with Crippen molar-refractivity contribution in [2.24, 2.45) is 0 Å². The average molecular weight is 948 g/mol. The van der Waals surface area contributed by atoms with Crippen LogP contribution in [-0.4, -0.2) is 37.2 Å². The van der Waals surface area contributed by atoms with Gasteiger partial charge >= 0.3 is 17.9 Å². The Balaban J connectivity index is 3.95. The topological polar surface area (TPSA) is 78.9 Å². The standard InChI is InChI=1S/C61H118O6/c1-4-7-10-13-16-18-20-22-24-25-26-27-28-29-30-31-32-33-34-35-36-38-39-41-43-45-48-51-54-60(63)66-57-58(56-65-59(62)53-50-47-15-12-9-6-3)67-61(64)55-52-49-46-44-42-40-37-23-21-19-17-14-11-8-5-2/h58H,4-57H2,1-3H3. The van der Waals surface area contributed by atoms with Crippen LogP contribution >= 0.6 is 0 Å². The molecular weight excluding hydrogens is 829 g/mol. The summed E-state index contributed by atoms with van der Waals surface area (Å²) in [7, 11) is 0. The Morgan fingerprint density at radius 3 is 0.597 bits per heavy atom. The van der Waals surface area contributed by atoms with Gasteiger partial charge in [0.15, 0.2) is 6.10 Å². The minimum absolute atomic E-state index is 0.0622. The number of unbranched alkanes of at least 4 members (excludes halogenated alkanes) is 46. The summed E-state index contributed by atoms with van der Waals surface area (Å²) in [5.41, 5.74) is 0. The van der Waals surface area contributed by atoms with E-state index in [9.17, 15) is 14.4 Å². The first-order chi connectivity index (χ1) is 33.0. The van der Waals surface area contributed by atoms with E-state index in [2.05, 4.69) is 20.8 Å². The summed E-state index contributed by atoms with van der Waals surface area (Å²) in [5, 5.41) is 0. The van der Waals surface area contributed by atoms with E-state index in [1.165, 1.54) is 257 Å². The third-order valence-corrected chi connectivity index (χ3v) is 14.1. The second kappa shape index (κ2) is 57.0. The molecule has 0 rings (SSSR count). The zero-order chi connectivity index (χ0) is 48.6. The molecule has 0 bridgehead atoms. The maximum Gasteiger partial charge on any atom is 0.306 e. The van der Waals surface area contributed by atoms with Crippen molar-refractivity contribution in [2.75, 3.05) is 13.2 Å². The molecule has 1 unspecified atom stereocenters. The van der Waals surface area contributed by atoms with Crippen molar-refractivity contribution < 1.29 is 28.6 Å². The van der Waals surface area contributed by atoms with Crippen LogP contribution in [0, 0.1) is 0 Å². The maximum absolute atomic E-state index is 12.8. The quantitative estimate of drug-likeness (QED) is 0.0343. The van der Waals surface area contributed by atoms with Crippen molar-refractivity contribution in [3.8, 4) is 0 Å². The number of esters is 3. The molecule has 0 fully saturated rings. The van der Waals surface area contributed by atoms with Gasteiger partial charge in [0.1, 0.15) is 13.2 Å². The molecule has 0 aromatic heterocycles. The predicted molar refractivity (Wildman–Crippen MR) is 289 cm³/mol. The molecule has 0 N–H and O–H groups in total. The highest BCUT2D eigenvalue weighted by atomic mass is 16.6. The molecule has 1 atom stereocenters. The Hall–Kier alpha value is -1.59. The Morgan fingerprint density at radius 1 is 0.239 bits per heavy atom. The van der Waals surface area contributed by atoms with Crippen LogP contribution in [0.15, 0.2) is 0 Å². The van der Waals surface area contributed by atoms with Gasteiger partial charge in [-0.1, -0.05) is 316 Å². The fourth-order valence-electron chi connectivity index (χ4n) is 9.51. The van der Waals surface area contributed by atoms with E-state index >= 15 is 0 Å². The second-order valence-electron chi connectivity index (χ2n) is 21.0. The molecule has 398 valence electrons. The molecule has 0 amide bonds. The van der Waals surface area contributed by atoms with Gasteiger partial charge in [-0.05, 0) is 19.3 Å². The molecule has 0 aromatic carbocycles. The van der Waals surface area contributed by atoms with E-state index in [1.54, 1.807) is 0 Å². The molecule has 0 aliphatic rings. The van der Waals surface area contributed by atoms with E-state index in [0.29, 0.717) is 19.3 Å². The Morgan fingerprint density at radius 2 is 0.403 bits per heavy atom. The van der Waals surface area contributed by atoms with Crippen molar-refractivity contribution in [1.82, 2.24) is 0 Å². The van der Waals surface area contributed by atoms with Crippen LogP contribution in [-0.2, 0) is 28.6 Å². The van der Waals surface area contributed by atoms with Crippen molar-refractivity contribution in [3.63, 3.8) is 0 Å². The molecule has 0 heterocycles. The summed E-state index contributed by atoms with van der Waals surface area (Å²) in [4.78, 5) is 37.9. The lowest BCUT2D eigenvalue weighted by molar-refractivity contribution is -0.167. The van der Waals surface area contributed by atoms with Crippen LogP contribution in [0.3, 0.4) is 0 Å². The minimum atomic E-state index is -0.759. The SMILES string of the molecule is CCCCCCCCCCCCCCCCCCCCCCCCCCCCCCC(=O)OCC(COC(=O)CCCCCCCC)OC(=O)CCCCCCCCCCCCCCCCC. The highest BCUT2D eigenvalue weighted by Crippen LogP contribution is 2.18. The molecule has 67 heavy (non-hydrogen) atoms. The van der Waals surface area contributed by atoms with Crippen LogP contribution in [0.25, 0.3) is 0 Å². The fraction of sp³-hybridized carbons (Fsp3) is 0.951. The fourth-order valence-corrected chi connectivity index (χ4v) is 9.51. The summed E-state index contributed by atoms with van der Waals surface area (Å²) in [6, 6.07) is 0. The summed E-state index contributed by atoms with van der Waals surface area (Å²) in [6.45, 7) is 6.65. The molecule has 0 aliphatic carbocycles. The molecule has 6 heteroatoms. The van der Waals surface area contributed by atoms with Crippen LogP contribution in [0.4, 0.5) is 0 Å². The van der Waals surface area contributed by atoms with Crippen molar-refractivity contribution in [2.45, 2.75) is 361 Å². The Labute approximate surface area is 418 Å². The van der Waals surface area contributed by atoms with Gasteiger partial charge in [0, 0.05) is 19.3 Å². The first-order valence-electron chi connectivity index (χ1n) is 30.5. The smallest absolute Gasteiger partial charge is 0.306 e. The Kier molecular flexibility index (Phi) is 55.6. The molecule has 6 nitrogen and oxygen atoms in total. The van der Waals surface area contributed by atoms with E-state index in [-0.39, 0.29) is 31.1 Å². The van der Waals surface area contributed by atoms with Gasteiger partial charge < -0.3 is 14.2 Å². The van der Waals surface area contributed by atoms with Gasteiger partial charge in [0.25, 0.3) is 0 Å². The van der Waals surface area contributed by atoms with E-state index in [1.807, 2.05) is 0 Å². The second-order valence-corrected chi connectivity index (χ2v) is 21.0. The first kappa shape index (κ1) is 65.4. The van der Waals surface area contributed by atoms with Crippen LogP contribution in [0.2, 0.25) is 0 Å². The maximum atomic E-state index is 12.8. The first-order valence-corrected chi connectivity index (χ1v) is 30.5. The molecule has 0 aromatic rings. The van der Waals surface area contributed by atoms with Gasteiger partial charge in [0.05, 0.1) is 0 Å². The van der Waals surface area contributed by atoms with Crippen molar-refractivity contribution in [3.05, 3.63) is 0 Å². The number of hydrogen-bond acceptors (Lipinski definition) is 6. The zero-order valence-corrected chi connectivity index (χ0v) is 45.7. The lowest BCUT2D eigenvalue weighted by Crippen LogP contribution is -2.30. The van der Waals surface area contributed by atoms with Gasteiger partial charge in [-0.25, -0.2) is 0 Å². The lowest BCUT2D eigenvalue weighted by Gasteiger charge is -2.18. The van der Waals surface area contributed by atoms with Crippen LogP contribution < -0.4 is 0 Å². The summed E-state index contributed by atoms with van der Waals surface area (Å²) in [6.07, 6.45) is 64.4. The number of carbonyl (C=O) groups excluding carboxylic acids is 3. The third kappa shape index (κ3) is 55.2. The lowest BCUT2D eigenvalue weighted by atomic mass is 10.0. The highest BCUT2D eigenvalue weighted by Gasteiger charge is 2.19. The number of ether oxygens (including phenoxy) is 3. The molecule has 0 radical (unpaired) electrons. The van der Waals surface area contributed by atoms with Gasteiger partial charge in [-0.3, -0.25) is 14.4 Å². The monoisotopic (exact) mass is 947 g/mol. The molecule has 0 saturated heterocycles. The van der Waals surface area contributed by atoms with Crippen LogP contribution in [0.5, 0.6) is 0 Å². The van der Waals surface area contributed by atoms with Gasteiger partial charge in [-0.15, -0.1) is 0 Å². The minimum Gasteiger partial charge on any atom is -0.462 e. The summed E-state index contributed by atoms with van der Waals surface area (Å²) in [5.74, 6) is -0.846. The number of rotatable bonds is 57. The van der Waals surface area contributed by atoms with Gasteiger partial charge in [0.2, 0.25) is 0 Å². The Bertz CT molecular complexity index is 998. The predicted octanol–water partition coefficient (Wildman–Crippen LogP) is 20.3. The van der Waals surface area contributed by atoms with Gasteiger partial charge in [-0.2, -0.15) is 0 Å². The van der Waals surface area contributed by atoms with Crippen LogP contribution in [0.1, 0.15) is 355 Å². The number of carbonyl (C=O) groups is 3. The summed E-state index contributed by atoms with van der Waals surface area (Å²) >= 11 is 0. The van der Waals surface area contributed by atoms with E-state index in [0.717, 1.165) is 57.8 Å². The van der Waals surface area contributed by atoms with E-state index < -0.39 is 6.10 Å². The zero-order valence-electron chi connectivity index (χ0n) is 45.7. The largest absolute Gasteiger partial charge is 0.462 e. The number of hydrogen-bond donors (Lipinski definition) is 0. The third-order valence-electron chi connectivity index (χ3n) is 14.1. The molecule has 0 saturated carbocycles. The normalized spacial score (nSPS) is 11.9. The summed E-state index contributed by atoms with van der Waals surface area (Å²) < 4.78 is 16.8. The average Bonchev–Trinajstić information content (AvgIpc) is 3.33. The van der Waals surface area contributed by atoms with Crippen molar-refractivity contribution in [1.29, 1.82) is 0 Å². The molecule has 0 aliphatic heterocycles. The molecular formula is C61H118O6. The molecule has 0 spiro atoms.